The number of allylic oxidation sites excluding steroid dienone is 2. The molecule has 0 saturated carbocycles. The standard InChI is InChI=1S/C21H24N2O2/c1-13-4-6-15(7-5-13)23-19-10-11-20(24)21(14(2)22)17-9-8-16(25-3)12-18(17)19/h4-9,12,19,22-24H,10-11H2,1-3H3. The van der Waals surface area contributed by atoms with E-state index in [2.05, 4.69) is 36.5 Å². The van der Waals surface area contributed by atoms with Crippen molar-refractivity contribution in [3.8, 4) is 5.75 Å². The first-order valence-corrected chi connectivity index (χ1v) is 8.48. The Hall–Kier alpha value is -2.75. The van der Waals surface area contributed by atoms with Crippen LogP contribution in [0.5, 0.6) is 5.75 Å². The minimum Gasteiger partial charge on any atom is -0.512 e. The van der Waals surface area contributed by atoms with Gasteiger partial charge in [-0.3, -0.25) is 0 Å². The van der Waals surface area contributed by atoms with Gasteiger partial charge in [-0.15, -0.1) is 0 Å². The molecule has 0 radical (unpaired) electrons. The number of methoxy groups -OCH3 is 1. The lowest BCUT2D eigenvalue weighted by atomic mass is 9.93. The Morgan fingerprint density at radius 2 is 1.92 bits per heavy atom. The Kier molecular flexibility index (Phi) is 4.79. The molecule has 130 valence electrons. The Labute approximate surface area is 148 Å². The van der Waals surface area contributed by atoms with Gasteiger partial charge in [-0.1, -0.05) is 23.8 Å². The predicted molar refractivity (Wildman–Crippen MR) is 103 cm³/mol. The molecule has 0 aliphatic heterocycles. The van der Waals surface area contributed by atoms with Gasteiger partial charge in [-0.2, -0.15) is 0 Å². The summed E-state index contributed by atoms with van der Waals surface area (Å²) in [6, 6.07) is 14.1. The van der Waals surface area contributed by atoms with Crippen LogP contribution in [-0.4, -0.2) is 17.9 Å². The minimum absolute atomic E-state index is 0.0341. The van der Waals surface area contributed by atoms with E-state index in [1.165, 1.54) is 5.56 Å². The molecule has 0 bridgehead atoms. The van der Waals surface area contributed by atoms with Crippen LogP contribution in [0.3, 0.4) is 0 Å². The molecule has 1 unspecified atom stereocenters. The third-order valence-corrected chi connectivity index (χ3v) is 4.63. The van der Waals surface area contributed by atoms with Crippen LogP contribution < -0.4 is 10.1 Å². The molecule has 0 spiro atoms. The van der Waals surface area contributed by atoms with Crippen LogP contribution in [0.1, 0.15) is 42.5 Å². The van der Waals surface area contributed by atoms with Crippen molar-refractivity contribution in [2.75, 3.05) is 12.4 Å². The largest absolute Gasteiger partial charge is 0.512 e. The summed E-state index contributed by atoms with van der Waals surface area (Å²) in [5.74, 6) is 1.06. The van der Waals surface area contributed by atoms with Gasteiger partial charge in [0.2, 0.25) is 0 Å². The molecule has 25 heavy (non-hydrogen) atoms. The molecule has 2 aromatic carbocycles. The molecular weight excluding hydrogens is 312 g/mol. The fourth-order valence-electron chi connectivity index (χ4n) is 3.32. The van der Waals surface area contributed by atoms with Crippen molar-refractivity contribution in [3.05, 3.63) is 64.9 Å². The zero-order chi connectivity index (χ0) is 18.0. The van der Waals surface area contributed by atoms with Gasteiger partial charge in [0, 0.05) is 23.4 Å². The number of hydrogen-bond acceptors (Lipinski definition) is 4. The van der Waals surface area contributed by atoms with Gasteiger partial charge in [0.25, 0.3) is 0 Å². The number of ether oxygens (including phenoxy) is 1. The van der Waals surface area contributed by atoms with Crippen molar-refractivity contribution in [3.63, 3.8) is 0 Å². The van der Waals surface area contributed by atoms with Gasteiger partial charge in [0.05, 0.1) is 13.2 Å². The number of aryl methyl sites for hydroxylation is 1. The quantitative estimate of drug-likeness (QED) is 0.667. The third kappa shape index (κ3) is 3.53. The van der Waals surface area contributed by atoms with Crippen LogP contribution >= 0.6 is 0 Å². The lowest BCUT2D eigenvalue weighted by Gasteiger charge is -2.22. The number of aliphatic hydroxyl groups excluding tert-OH is 1. The summed E-state index contributed by atoms with van der Waals surface area (Å²) in [6.07, 6.45) is 1.28. The second-order valence-corrected chi connectivity index (χ2v) is 6.50. The van der Waals surface area contributed by atoms with Crippen LogP contribution in [0.4, 0.5) is 5.69 Å². The monoisotopic (exact) mass is 336 g/mol. The van der Waals surface area contributed by atoms with Gasteiger partial charge < -0.3 is 20.6 Å². The third-order valence-electron chi connectivity index (χ3n) is 4.63. The van der Waals surface area contributed by atoms with Crippen LogP contribution in [0.2, 0.25) is 0 Å². The maximum atomic E-state index is 10.5. The second-order valence-electron chi connectivity index (χ2n) is 6.50. The molecule has 3 rings (SSSR count). The van der Waals surface area contributed by atoms with Crippen molar-refractivity contribution in [2.24, 2.45) is 0 Å². The van der Waals surface area contributed by atoms with Crippen LogP contribution in [0, 0.1) is 12.3 Å². The first-order valence-electron chi connectivity index (χ1n) is 8.48. The SMILES string of the molecule is COc1ccc2c(c1)C(Nc1ccc(C)cc1)CCC(O)=C2C(C)=N. The van der Waals surface area contributed by atoms with Gasteiger partial charge in [-0.25, -0.2) is 0 Å². The highest BCUT2D eigenvalue weighted by Gasteiger charge is 2.25. The Morgan fingerprint density at radius 3 is 2.56 bits per heavy atom. The van der Waals surface area contributed by atoms with E-state index in [1.54, 1.807) is 14.0 Å². The van der Waals surface area contributed by atoms with Crippen LogP contribution in [0.15, 0.2) is 48.2 Å². The van der Waals surface area contributed by atoms with Gasteiger partial charge in [-0.05, 0) is 55.7 Å². The molecule has 1 aliphatic carbocycles. The van der Waals surface area contributed by atoms with E-state index < -0.39 is 0 Å². The maximum absolute atomic E-state index is 10.5. The predicted octanol–water partition coefficient (Wildman–Crippen LogP) is 5.26. The molecule has 0 heterocycles. The highest BCUT2D eigenvalue weighted by Crippen LogP contribution is 2.38. The van der Waals surface area contributed by atoms with Gasteiger partial charge in [0.15, 0.2) is 0 Å². The van der Waals surface area contributed by atoms with Crippen molar-refractivity contribution >= 4 is 17.0 Å². The average molecular weight is 336 g/mol. The molecule has 4 heteroatoms. The number of hydrogen-bond donors (Lipinski definition) is 3. The zero-order valence-electron chi connectivity index (χ0n) is 14.9. The highest BCUT2D eigenvalue weighted by molar-refractivity contribution is 6.22. The van der Waals surface area contributed by atoms with Gasteiger partial charge in [0.1, 0.15) is 11.5 Å². The second kappa shape index (κ2) is 7.01. The highest BCUT2D eigenvalue weighted by atomic mass is 16.5. The Morgan fingerprint density at radius 1 is 1.20 bits per heavy atom. The summed E-state index contributed by atoms with van der Waals surface area (Å²) in [5, 5.41) is 22.2. The molecule has 0 amide bonds. The van der Waals surface area contributed by atoms with Crippen LogP contribution in [-0.2, 0) is 0 Å². The first-order chi connectivity index (χ1) is 12.0. The summed E-state index contributed by atoms with van der Waals surface area (Å²) in [7, 11) is 1.65. The summed E-state index contributed by atoms with van der Waals surface area (Å²) in [5.41, 5.74) is 5.21. The number of anilines is 1. The Balaban J connectivity index is 2.05. The molecule has 0 saturated heterocycles. The summed E-state index contributed by atoms with van der Waals surface area (Å²) < 4.78 is 5.40. The van der Waals surface area contributed by atoms with Crippen molar-refractivity contribution in [1.82, 2.24) is 0 Å². The zero-order valence-corrected chi connectivity index (χ0v) is 14.9. The van der Waals surface area contributed by atoms with Crippen LogP contribution in [0.25, 0.3) is 5.57 Å². The minimum atomic E-state index is 0.0341. The van der Waals surface area contributed by atoms with E-state index in [9.17, 15) is 5.11 Å². The van der Waals surface area contributed by atoms with E-state index in [1.807, 2.05) is 18.2 Å². The number of nitrogens with one attached hydrogen (secondary N) is 2. The van der Waals surface area contributed by atoms with Crippen molar-refractivity contribution < 1.29 is 9.84 Å². The number of aliphatic hydroxyl groups is 1. The molecule has 4 nitrogen and oxygen atoms in total. The summed E-state index contributed by atoms with van der Waals surface area (Å²) >= 11 is 0. The average Bonchev–Trinajstić information content (AvgIpc) is 2.73. The summed E-state index contributed by atoms with van der Waals surface area (Å²) in [6.45, 7) is 3.78. The first kappa shape index (κ1) is 17.1. The van der Waals surface area contributed by atoms with E-state index in [0.29, 0.717) is 17.7 Å². The maximum Gasteiger partial charge on any atom is 0.119 e. The lowest BCUT2D eigenvalue weighted by molar-refractivity contribution is 0.385. The number of rotatable bonds is 4. The smallest absolute Gasteiger partial charge is 0.119 e. The topological polar surface area (TPSA) is 65.3 Å². The molecule has 0 aromatic heterocycles. The molecule has 0 fully saturated rings. The molecule has 2 aromatic rings. The number of fused-ring (bicyclic) bond motifs is 1. The number of benzene rings is 2. The Bertz CT molecular complexity index is 822. The fraction of sp³-hybridized carbons (Fsp3) is 0.286. The molecule has 3 N–H and O–H groups in total. The van der Waals surface area contributed by atoms with Crippen molar-refractivity contribution in [2.45, 2.75) is 32.7 Å². The van der Waals surface area contributed by atoms with E-state index >= 15 is 0 Å². The van der Waals surface area contributed by atoms with Gasteiger partial charge >= 0.3 is 0 Å². The van der Waals surface area contributed by atoms with Crippen molar-refractivity contribution in [1.29, 1.82) is 5.41 Å². The van der Waals surface area contributed by atoms with E-state index in [0.717, 1.165) is 29.0 Å². The summed E-state index contributed by atoms with van der Waals surface area (Å²) in [4.78, 5) is 0. The normalized spacial score (nSPS) is 16.8. The molecule has 1 atom stereocenters. The fourth-order valence-corrected chi connectivity index (χ4v) is 3.32. The molecule has 1 aliphatic rings. The van der Waals surface area contributed by atoms with E-state index in [4.69, 9.17) is 10.1 Å². The van der Waals surface area contributed by atoms with E-state index in [-0.39, 0.29) is 11.8 Å². The molecular formula is C21H24N2O2. The lowest BCUT2D eigenvalue weighted by Crippen LogP contribution is -2.12.